The van der Waals surface area contributed by atoms with Gasteiger partial charge in [-0.3, -0.25) is 9.69 Å². The molecule has 0 atom stereocenters. The zero-order chi connectivity index (χ0) is 20.8. The van der Waals surface area contributed by atoms with E-state index in [9.17, 15) is 4.79 Å². The van der Waals surface area contributed by atoms with E-state index < -0.39 is 0 Å². The summed E-state index contributed by atoms with van der Waals surface area (Å²) in [7, 11) is 0. The number of ether oxygens (including phenoxy) is 2. The third-order valence-corrected chi connectivity index (χ3v) is 5.84. The molecule has 0 spiro atoms. The molecule has 1 saturated heterocycles. The van der Waals surface area contributed by atoms with Crippen molar-refractivity contribution in [2.24, 2.45) is 0 Å². The van der Waals surface area contributed by atoms with Gasteiger partial charge in [0.05, 0.1) is 11.5 Å². The first kappa shape index (κ1) is 21.4. The number of amides is 1. The van der Waals surface area contributed by atoms with E-state index >= 15 is 0 Å². The van der Waals surface area contributed by atoms with Gasteiger partial charge in [0.2, 0.25) is 0 Å². The second-order valence-electron chi connectivity index (χ2n) is 6.10. The Bertz CT molecular complexity index is 974. The molecule has 3 rings (SSSR count). The molecular weight excluding hydrogens is 426 g/mol. The number of hydrogen-bond donors (Lipinski definition) is 0. The highest BCUT2D eigenvalue weighted by atomic mass is 35.5. The molecule has 0 radical (unpaired) electrons. The Morgan fingerprint density at radius 1 is 1.21 bits per heavy atom. The zero-order valence-electron chi connectivity index (χ0n) is 15.9. The minimum atomic E-state index is -0.114. The second kappa shape index (κ2) is 9.96. The SMILES string of the molecule is C=CCN1C(=O)/C(=C/c2ccc(OCc3ccccc3Cl)c(OCC)c2)SC1=S. The summed E-state index contributed by atoms with van der Waals surface area (Å²) < 4.78 is 12.2. The minimum Gasteiger partial charge on any atom is -0.490 e. The highest BCUT2D eigenvalue weighted by Crippen LogP contribution is 2.35. The number of rotatable bonds is 8. The lowest BCUT2D eigenvalue weighted by Crippen LogP contribution is -2.27. The second-order valence-corrected chi connectivity index (χ2v) is 8.18. The fraction of sp³-hybridized carbons (Fsp3) is 0.182. The molecule has 29 heavy (non-hydrogen) atoms. The van der Waals surface area contributed by atoms with Crippen LogP contribution >= 0.6 is 35.6 Å². The van der Waals surface area contributed by atoms with E-state index in [1.807, 2.05) is 55.5 Å². The van der Waals surface area contributed by atoms with E-state index in [0.717, 1.165) is 11.1 Å². The van der Waals surface area contributed by atoms with Crippen LogP contribution in [0, 0.1) is 0 Å². The van der Waals surface area contributed by atoms with E-state index in [1.165, 1.54) is 16.7 Å². The first-order valence-electron chi connectivity index (χ1n) is 9.02. The normalized spacial score (nSPS) is 15.1. The lowest BCUT2D eigenvalue weighted by atomic mass is 10.1. The molecule has 1 aliphatic heterocycles. The monoisotopic (exact) mass is 445 g/mol. The fourth-order valence-electron chi connectivity index (χ4n) is 2.71. The number of hydrogen-bond acceptors (Lipinski definition) is 5. The molecule has 0 aliphatic carbocycles. The molecule has 2 aromatic carbocycles. The standard InChI is InChI=1S/C22H20ClNO3S2/c1-3-11-24-21(25)20(29-22(24)28)13-15-9-10-18(19(12-15)26-4-2)27-14-16-7-5-6-8-17(16)23/h3,5-10,12-13H,1,4,11,14H2,2H3/b20-13-. The molecule has 150 valence electrons. The molecular formula is C22H20ClNO3S2. The van der Waals surface area contributed by atoms with Gasteiger partial charge in [0.25, 0.3) is 5.91 Å². The average molecular weight is 446 g/mol. The van der Waals surface area contributed by atoms with E-state index in [4.69, 9.17) is 33.3 Å². The first-order valence-corrected chi connectivity index (χ1v) is 10.6. The largest absolute Gasteiger partial charge is 0.490 e. The van der Waals surface area contributed by atoms with Gasteiger partial charge in [-0.1, -0.05) is 65.9 Å². The first-order chi connectivity index (χ1) is 14.0. The molecule has 2 aromatic rings. The van der Waals surface area contributed by atoms with Crippen LogP contribution in [0.15, 0.2) is 60.0 Å². The van der Waals surface area contributed by atoms with Crippen molar-refractivity contribution in [1.82, 2.24) is 4.90 Å². The lowest BCUT2D eigenvalue weighted by molar-refractivity contribution is -0.121. The molecule has 1 heterocycles. The number of carbonyl (C=O) groups excluding carboxylic acids is 1. The van der Waals surface area contributed by atoms with E-state index in [0.29, 0.717) is 45.5 Å². The molecule has 4 nitrogen and oxygen atoms in total. The van der Waals surface area contributed by atoms with Crippen molar-refractivity contribution in [3.05, 3.63) is 76.2 Å². The van der Waals surface area contributed by atoms with Gasteiger partial charge in [0, 0.05) is 17.1 Å². The van der Waals surface area contributed by atoms with Crippen molar-refractivity contribution in [3.63, 3.8) is 0 Å². The summed E-state index contributed by atoms with van der Waals surface area (Å²) in [5.74, 6) is 1.11. The van der Waals surface area contributed by atoms with Crippen LogP contribution in [-0.4, -0.2) is 28.3 Å². The Hall–Kier alpha value is -2.28. The van der Waals surface area contributed by atoms with Crippen LogP contribution in [0.1, 0.15) is 18.1 Å². The van der Waals surface area contributed by atoms with E-state index in [1.54, 1.807) is 6.08 Å². The molecule has 0 saturated carbocycles. The molecule has 1 aliphatic rings. The van der Waals surface area contributed by atoms with Gasteiger partial charge < -0.3 is 9.47 Å². The maximum absolute atomic E-state index is 12.5. The van der Waals surface area contributed by atoms with Crippen LogP contribution in [0.3, 0.4) is 0 Å². The van der Waals surface area contributed by atoms with E-state index in [-0.39, 0.29) is 5.91 Å². The maximum Gasteiger partial charge on any atom is 0.266 e. The molecule has 7 heteroatoms. The number of thiocarbonyl (C=S) groups is 1. The molecule has 0 aromatic heterocycles. The summed E-state index contributed by atoms with van der Waals surface area (Å²) in [6.45, 7) is 6.81. The third-order valence-electron chi connectivity index (χ3n) is 4.09. The molecule has 1 fully saturated rings. The van der Waals surface area contributed by atoms with E-state index in [2.05, 4.69) is 6.58 Å². The molecule has 0 bridgehead atoms. The van der Waals surface area contributed by atoms with Crippen LogP contribution in [0.4, 0.5) is 0 Å². The quantitative estimate of drug-likeness (QED) is 0.296. The van der Waals surface area contributed by atoms with Crippen LogP contribution < -0.4 is 9.47 Å². The molecule has 0 N–H and O–H groups in total. The topological polar surface area (TPSA) is 38.8 Å². The predicted molar refractivity (Wildman–Crippen MR) is 123 cm³/mol. The maximum atomic E-state index is 12.5. The predicted octanol–water partition coefficient (Wildman–Crippen LogP) is 5.70. The average Bonchev–Trinajstić information content (AvgIpc) is 2.96. The van der Waals surface area contributed by atoms with Crippen LogP contribution in [0.25, 0.3) is 6.08 Å². The van der Waals surface area contributed by atoms with Gasteiger partial charge in [-0.25, -0.2) is 0 Å². The lowest BCUT2D eigenvalue weighted by Gasteiger charge is -2.13. The summed E-state index contributed by atoms with van der Waals surface area (Å²) in [4.78, 5) is 14.6. The summed E-state index contributed by atoms with van der Waals surface area (Å²) in [6, 6.07) is 13.1. The number of halogens is 1. The Morgan fingerprint density at radius 2 is 2.00 bits per heavy atom. The Kier molecular flexibility index (Phi) is 7.36. The highest BCUT2D eigenvalue weighted by Gasteiger charge is 2.31. The van der Waals surface area contributed by atoms with Crippen molar-refractivity contribution >= 4 is 51.9 Å². The molecule has 0 unspecified atom stereocenters. The Morgan fingerprint density at radius 3 is 2.72 bits per heavy atom. The van der Waals surface area contributed by atoms with Gasteiger partial charge in [0.1, 0.15) is 10.9 Å². The smallest absolute Gasteiger partial charge is 0.266 e. The van der Waals surface area contributed by atoms with Crippen molar-refractivity contribution in [1.29, 1.82) is 0 Å². The molecule has 1 amide bonds. The third kappa shape index (κ3) is 5.21. The summed E-state index contributed by atoms with van der Waals surface area (Å²) >= 11 is 12.8. The van der Waals surface area contributed by atoms with Gasteiger partial charge in [-0.2, -0.15) is 0 Å². The van der Waals surface area contributed by atoms with Crippen LogP contribution in [0.5, 0.6) is 11.5 Å². The van der Waals surface area contributed by atoms with Gasteiger partial charge in [-0.05, 0) is 36.8 Å². The van der Waals surface area contributed by atoms with Crippen molar-refractivity contribution in [2.45, 2.75) is 13.5 Å². The van der Waals surface area contributed by atoms with Crippen molar-refractivity contribution < 1.29 is 14.3 Å². The van der Waals surface area contributed by atoms with Gasteiger partial charge >= 0.3 is 0 Å². The van der Waals surface area contributed by atoms with Crippen molar-refractivity contribution in [2.75, 3.05) is 13.2 Å². The summed E-state index contributed by atoms with van der Waals surface area (Å²) in [6.07, 6.45) is 3.47. The number of nitrogens with zero attached hydrogens (tertiary/aromatic N) is 1. The number of carbonyl (C=O) groups is 1. The van der Waals surface area contributed by atoms with Crippen molar-refractivity contribution in [3.8, 4) is 11.5 Å². The summed E-state index contributed by atoms with van der Waals surface area (Å²) in [5, 5.41) is 0.656. The van der Waals surface area contributed by atoms with Crippen LogP contribution in [0.2, 0.25) is 5.02 Å². The number of thioether (sulfide) groups is 1. The minimum absolute atomic E-state index is 0.114. The van der Waals surface area contributed by atoms with Crippen LogP contribution in [-0.2, 0) is 11.4 Å². The summed E-state index contributed by atoms with van der Waals surface area (Å²) in [5.41, 5.74) is 1.73. The highest BCUT2D eigenvalue weighted by molar-refractivity contribution is 8.26. The Labute approximate surface area is 185 Å². The Balaban J connectivity index is 1.81. The fourth-order valence-corrected chi connectivity index (χ4v) is 4.18. The zero-order valence-corrected chi connectivity index (χ0v) is 18.3. The van der Waals surface area contributed by atoms with Gasteiger partial charge in [0.15, 0.2) is 11.5 Å². The number of benzene rings is 2. The van der Waals surface area contributed by atoms with Gasteiger partial charge in [-0.15, -0.1) is 6.58 Å².